The number of methoxy groups -OCH3 is 2. The average Bonchev–Trinajstić information content (AvgIpc) is 3.03. The normalized spacial score (nSPS) is 18.7. The minimum absolute atomic E-state index is 0.0747. The molecule has 5 heteroatoms. The molecule has 0 spiro atoms. The minimum atomic E-state index is 0.0747. The van der Waals surface area contributed by atoms with E-state index in [-0.39, 0.29) is 11.5 Å². The second-order valence-electron chi connectivity index (χ2n) is 6.42. The van der Waals surface area contributed by atoms with Crippen molar-refractivity contribution in [3.05, 3.63) is 29.8 Å². The van der Waals surface area contributed by atoms with Crippen LogP contribution in [-0.4, -0.2) is 39.4 Å². The van der Waals surface area contributed by atoms with Crippen LogP contribution in [0, 0.1) is 0 Å². The van der Waals surface area contributed by atoms with Crippen LogP contribution >= 0.6 is 0 Å². The summed E-state index contributed by atoms with van der Waals surface area (Å²) in [5.74, 6) is 1.39. The standard InChI is InChI=1S/C18H29N3O2/c1-14(12-22-2)21-17(19)20-13-18(9-4-5-10-18)15-7-6-8-16(11-15)23-3/h6-8,11,14H,4-5,9-10,12-13H2,1-3H3,(H3,19,20,21). The Kier molecular flexibility index (Phi) is 6.28. The second-order valence-corrected chi connectivity index (χ2v) is 6.42. The highest BCUT2D eigenvalue weighted by Gasteiger charge is 2.35. The summed E-state index contributed by atoms with van der Waals surface area (Å²) in [6, 6.07) is 8.51. The topological polar surface area (TPSA) is 68.9 Å². The van der Waals surface area contributed by atoms with Crippen LogP contribution in [0.15, 0.2) is 29.3 Å². The number of nitrogens with two attached hydrogens (primary N) is 1. The van der Waals surface area contributed by atoms with Crippen LogP contribution < -0.4 is 15.8 Å². The van der Waals surface area contributed by atoms with Crippen molar-refractivity contribution in [2.75, 3.05) is 27.4 Å². The van der Waals surface area contributed by atoms with E-state index in [0.29, 0.717) is 19.1 Å². The Morgan fingerprint density at radius 1 is 1.35 bits per heavy atom. The zero-order chi connectivity index (χ0) is 16.7. The molecule has 1 aliphatic carbocycles. The van der Waals surface area contributed by atoms with Gasteiger partial charge >= 0.3 is 0 Å². The summed E-state index contributed by atoms with van der Waals surface area (Å²) in [6.45, 7) is 3.34. The van der Waals surface area contributed by atoms with Crippen LogP contribution in [0.5, 0.6) is 5.75 Å². The van der Waals surface area contributed by atoms with Gasteiger partial charge in [-0.1, -0.05) is 25.0 Å². The molecule has 0 radical (unpaired) electrons. The fourth-order valence-electron chi connectivity index (χ4n) is 3.37. The molecule has 1 fully saturated rings. The van der Waals surface area contributed by atoms with E-state index in [0.717, 1.165) is 18.6 Å². The third-order valence-electron chi connectivity index (χ3n) is 4.61. The number of hydrogen-bond acceptors (Lipinski definition) is 3. The summed E-state index contributed by atoms with van der Waals surface area (Å²) >= 11 is 0. The summed E-state index contributed by atoms with van der Waals surface area (Å²) in [4.78, 5) is 4.62. The number of guanidine groups is 1. The van der Waals surface area contributed by atoms with Crippen LogP contribution in [-0.2, 0) is 10.2 Å². The molecule has 5 nitrogen and oxygen atoms in total. The summed E-state index contributed by atoms with van der Waals surface area (Å²) in [6.07, 6.45) is 4.76. The number of benzene rings is 1. The zero-order valence-corrected chi connectivity index (χ0v) is 14.5. The van der Waals surface area contributed by atoms with Gasteiger partial charge in [0.25, 0.3) is 0 Å². The van der Waals surface area contributed by atoms with Crippen LogP contribution in [0.3, 0.4) is 0 Å². The van der Waals surface area contributed by atoms with E-state index in [1.54, 1.807) is 14.2 Å². The number of hydrogen-bond donors (Lipinski definition) is 2. The molecule has 1 aliphatic rings. The van der Waals surface area contributed by atoms with Crippen LogP contribution in [0.4, 0.5) is 0 Å². The lowest BCUT2D eigenvalue weighted by Crippen LogP contribution is -2.41. The monoisotopic (exact) mass is 319 g/mol. The molecule has 23 heavy (non-hydrogen) atoms. The van der Waals surface area contributed by atoms with Crippen LogP contribution in [0.25, 0.3) is 0 Å². The summed E-state index contributed by atoms with van der Waals surface area (Å²) in [7, 11) is 3.39. The molecule has 0 bridgehead atoms. The fraction of sp³-hybridized carbons (Fsp3) is 0.611. The van der Waals surface area contributed by atoms with E-state index in [2.05, 4.69) is 28.5 Å². The molecule has 0 heterocycles. The predicted molar refractivity (Wildman–Crippen MR) is 94.1 cm³/mol. The Hall–Kier alpha value is -1.75. The molecular formula is C18H29N3O2. The quantitative estimate of drug-likeness (QED) is 0.598. The number of rotatable bonds is 7. The molecule has 1 atom stereocenters. The lowest BCUT2D eigenvalue weighted by atomic mass is 9.79. The van der Waals surface area contributed by atoms with E-state index in [4.69, 9.17) is 15.2 Å². The maximum atomic E-state index is 6.03. The van der Waals surface area contributed by atoms with Crippen molar-refractivity contribution in [2.24, 2.45) is 10.7 Å². The number of nitrogens with zero attached hydrogens (tertiary/aromatic N) is 1. The summed E-state index contributed by atoms with van der Waals surface area (Å²) < 4.78 is 10.5. The number of nitrogens with one attached hydrogen (secondary N) is 1. The van der Waals surface area contributed by atoms with E-state index in [1.807, 2.05) is 13.0 Å². The number of ether oxygens (including phenoxy) is 2. The van der Waals surface area contributed by atoms with Gasteiger partial charge in [-0.3, -0.25) is 4.99 Å². The van der Waals surface area contributed by atoms with E-state index in [9.17, 15) is 0 Å². The Morgan fingerprint density at radius 3 is 2.74 bits per heavy atom. The summed E-state index contributed by atoms with van der Waals surface area (Å²) in [5, 5.41) is 3.17. The first-order valence-corrected chi connectivity index (χ1v) is 8.29. The molecule has 0 aliphatic heterocycles. The Bertz CT molecular complexity index is 525. The van der Waals surface area contributed by atoms with Gasteiger partial charge in [0.2, 0.25) is 0 Å². The van der Waals surface area contributed by atoms with Gasteiger partial charge in [-0.2, -0.15) is 0 Å². The third kappa shape index (κ3) is 4.61. The van der Waals surface area contributed by atoms with E-state index >= 15 is 0 Å². The van der Waals surface area contributed by atoms with Gasteiger partial charge < -0.3 is 20.5 Å². The fourth-order valence-corrected chi connectivity index (χ4v) is 3.37. The van der Waals surface area contributed by atoms with Gasteiger partial charge in [-0.15, -0.1) is 0 Å². The predicted octanol–water partition coefficient (Wildman–Crippen LogP) is 2.45. The molecule has 2 rings (SSSR count). The first-order chi connectivity index (χ1) is 11.1. The Balaban J connectivity index is 2.11. The van der Waals surface area contributed by atoms with E-state index in [1.165, 1.54) is 18.4 Å². The molecule has 1 aromatic carbocycles. The molecule has 128 valence electrons. The van der Waals surface area contributed by atoms with Crippen molar-refractivity contribution in [3.8, 4) is 5.75 Å². The van der Waals surface area contributed by atoms with Crippen molar-refractivity contribution in [2.45, 2.75) is 44.1 Å². The van der Waals surface area contributed by atoms with Gasteiger partial charge in [0.05, 0.1) is 20.3 Å². The lowest BCUT2D eigenvalue weighted by Gasteiger charge is -2.28. The molecule has 3 N–H and O–H groups in total. The van der Waals surface area contributed by atoms with Gasteiger partial charge in [0, 0.05) is 18.6 Å². The lowest BCUT2D eigenvalue weighted by molar-refractivity contribution is 0.179. The molecule has 0 amide bonds. The molecule has 1 aromatic rings. The summed E-state index contributed by atoms with van der Waals surface area (Å²) in [5.41, 5.74) is 7.41. The maximum absolute atomic E-state index is 6.03. The van der Waals surface area contributed by atoms with Crippen LogP contribution in [0.1, 0.15) is 38.2 Å². The van der Waals surface area contributed by atoms with Gasteiger partial charge in [0.1, 0.15) is 5.75 Å². The highest BCUT2D eigenvalue weighted by atomic mass is 16.5. The largest absolute Gasteiger partial charge is 0.497 e. The highest BCUT2D eigenvalue weighted by molar-refractivity contribution is 5.78. The van der Waals surface area contributed by atoms with Gasteiger partial charge in [-0.05, 0) is 37.5 Å². The van der Waals surface area contributed by atoms with Gasteiger partial charge in [-0.25, -0.2) is 0 Å². The van der Waals surface area contributed by atoms with Crippen molar-refractivity contribution in [1.82, 2.24) is 5.32 Å². The molecular weight excluding hydrogens is 290 g/mol. The SMILES string of the molecule is COCC(C)NC(N)=NCC1(c2cccc(OC)c2)CCCC1. The Morgan fingerprint density at radius 2 is 2.09 bits per heavy atom. The maximum Gasteiger partial charge on any atom is 0.188 e. The second kappa shape index (κ2) is 8.20. The van der Waals surface area contributed by atoms with E-state index < -0.39 is 0 Å². The Labute approximate surface area is 139 Å². The minimum Gasteiger partial charge on any atom is -0.497 e. The van der Waals surface area contributed by atoms with Gasteiger partial charge in [0.15, 0.2) is 5.96 Å². The zero-order valence-electron chi connectivity index (χ0n) is 14.5. The highest BCUT2D eigenvalue weighted by Crippen LogP contribution is 2.42. The average molecular weight is 319 g/mol. The first kappa shape index (κ1) is 17.6. The van der Waals surface area contributed by atoms with Crippen molar-refractivity contribution >= 4 is 5.96 Å². The smallest absolute Gasteiger partial charge is 0.188 e. The van der Waals surface area contributed by atoms with Crippen molar-refractivity contribution < 1.29 is 9.47 Å². The first-order valence-electron chi connectivity index (χ1n) is 8.29. The molecule has 0 saturated heterocycles. The third-order valence-corrected chi connectivity index (χ3v) is 4.61. The van der Waals surface area contributed by atoms with Crippen molar-refractivity contribution in [1.29, 1.82) is 0 Å². The van der Waals surface area contributed by atoms with Crippen LogP contribution in [0.2, 0.25) is 0 Å². The van der Waals surface area contributed by atoms with Crippen molar-refractivity contribution in [3.63, 3.8) is 0 Å². The molecule has 1 unspecified atom stereocenters. The molecule has 0 aromatic heterocycles. The molecule has 1 saturated carbocycles. The number of aliphatic imine (C=N–C) groups is 1.